The molecule has 25 heavy (non-hydrogen) atoms. The highest BCUT2D eigenvalue weighted by Gasteiger charge is 2.26. The molecular weight excluding hydrogens is 320 g/mol. The summed E-state index contributed by atoms with van der Waals surface area (Å²) in [5.41, 5.74) is 4.41. The minimum atomic E-state index is -0.991. The molecule has 2 heterocycles. The molecule has 0 unspecified atom stereocenters. The van der Waals surface area contributed by atoms with Crippen LogP contribution in [0.15, 0.2) is 48.5 Å². The summed E-state index contributed by atoms with van der Waals surface area (Å²) < 4.78 is 1.39. The summed E-state index contributed by atoms with van der Waals surface area (Å²) in [6, 6.07) is 15.0. The highest BCUT2D eigenvalue weighted by atomic mass is 16.4. The van der Waals surface area contributed by atoms with Crippen LogP contribution in [0, 0.1) is 0 Å². The monoisotopic (exact) mass is 334 g/mol. The lowest BCUT2D eigenvalue weighted by atomic mass is 9.96. The Hall–Kier alpha value is -3.48. The van der Waals surface area contributed by atoms with Crippen molar-refractivity contribution in [1.29, 1.82) is 0 Å². The molecule has 0 saturated heterocycles. The van der Waals surface area contributed by atoms with Gasteiger partial charge in [0.05, 0.1) is 17.9 Å². The molecule has 0 fully saturated rings. The standard InChI is InChI=1S/C18H14N4O3/c23-11-21-9-12-5-1-2-6-13(12)18-17(14-7-3-4-8-15(14)21)19-20-22(18)10-16(24)25/h1-8,11H,9-10H2,(H,24,25). The molecule has 1 aliphatic rings. The number of nitrogens with zero attached hydrogens (tertiary/aromatic N) is 4. The predicted octanol–water partition coefficient (Wildman–Crippen LogP) is 2.17. The molecule has 3 aromatic rings. The molecule has 0 saturated carbocycles. The lowest BCUT2D eigenvalue weighted by molar-refractivity contribution is -0.137. The normalized spacial score (nSPS) is 12.4. The zero-order chi connectivity index (χ0) is 17.4. The van der Waals surface area contributed by atoms with E-state index in [9.17, 15) is 14.7 Å². The molecule has 7 nitrogen and oxygen atoms in total. The van der Waals surface area contributed by atoms with Gasteiger partial charge in [0.15, 0.2) is 0 Å². The Morgan fingerprint density at radius 1 is 1.12 bits per heavy atom. The van der Waals surface area contributed by atoms with Crippen LogP contribution in [-0.2, 0) is 22.7 Å². The van der Waals surface area contributed by atoms with Crippen molar-refractivity contribution in [1.82, 2.24) is 15.0 Å². The second-order valence-electron chi connectivity index (χ2n) is 5.75. The third-order valence-corrected chi connectivity index (χ3v) is 4.23. The summed E-state index contributed by atoms with van der Waals surface area (Å²) in [5.74, 6) is -0.991. The van der Waals surface area contributed by atoms with Gasteiger partial charge >= 0.3 is 5.97 Å². The van der Waals surface area contributed by atoms with E-state index in [1.54, 1.807) is 4.90 Å². The van der Waals surface area contributed by atoms with Gasteiger partial charge < -0.3 is 10.0 Å². The SMILES string of the molecule is O=CN1Cc2ccccc2-c2c(nnn2CC(=O)O)-c2ccccc21. The summed E-state index contributed by atoms with van der Waals surface area (Å²) in [7, 11) is 0. The average Bonchev–Trinajstić information content (AvgIpc) is 3.00. The molecule has 0 spiro atoms. The first kappa shape index (κ1) is 15.1. The number of aromatic nitrogens is 3. The van der Waals surface area contributed by atoms with Gasteiger partial charge in [0.2, 0.25) is 6.41 Å². The average molecular weight is 334 g/mol. The predicted molar refractivity (Wildman–Crippen MR) is 90.8 cm³/mol. The molecule has 124 valence electrons. The van der Waals surface area contributed by atoms with Crippen LogP contribution in [0.5, 0.6) is 0 Å². The van der Waals surface area contributed by atoms with Gasteiger partial charge in [-0.05, 0) is 11.6 Å². The van der Waals surface area contributed by atoms with Crippen molar-refractivity contribution in [2.24, 2.45) is 0 Å². The van der Waals surface area contributed by atoms with Crippen LogP contribution in [0.1, 0.15) is 5.56 Å². The van der Waals surface area contributed by atoms with Crippen molar-refractivity contribution in [3.05, 3.63) is 54.1 Å². The number of aliphatic carboxylic acids is 1. The summed E-state index contributed by atoms with van der Waals surface area (Å²) in [4.78, 5) is 24.5. The van der Waals surface area contributed by atoms with Crippen molar-refractivity contribution in [3.8, 4) is 22.5 Å². The Labute approximate surface area is 143 Å². The molecular formula is C18H14N4O3. The Morgan fingerprint density at radius 3 is 2.60 bits per heavy atom. The molecule has 2 aromatic carbocycles. The molecule has 0 aliphatic carbocycles. The second kappa shape index (κ2) is 5.86. The van der Waals surface area contributed by atoms with Gasteiger partial charge in [0.25, 0.3) is 0 Å². The number of carboxylic acid groups (broad SMARTS) is 1. The molecule has 7 heteroatoms. The molecule has 1 N–H and O–H groups in total. The van der Waals surface area contributed by atoms with Crippen LogP contribution in [0.25, 0.3) is 22.5 Å². The van der Waals surface area contributed by atoms with Crippen molar-refractivity contribution in [2.75, 3.05) is 4.90 Å². The largest absolute Gasteiger partial charge is 0.480 e. The van der Waals surface area contributed by atoms with Gasteiger partial charge in [-0.1, -0.05) is 47.7 Å². The Bertz CT molecular complexity index is 980. The first-order chi connectivity index (χ1) is 12.2. The highest BCUT2D eigenvalue weighted by Crippen LogP contribution is 2.40. The maximum Gasteiger partial charge on any atom is 0.325 e. The van der Waals surface area contributed by atoms with E-state index in [-0.39, 0.29) is 6.54 Å². The van der Waals surface area contributed by atoms with Crippen molar-refractivity contribution < 1.29 is 14.7 Å². The fourth-order valence-corrected chi connectivity index (χ4v) is 3.18. The topological polar surface area (TPSA) is 88.3 Å². The number of para-hydroxylation sites is 1. The quantitative estimate of drug-likeness (QED) is 0.742. The number of carbonyl (C=O) groups is 2. The Kier molecular flexibility index (Phi) is 3.53. The first-order valence-electron chi connectivity index (χ1n) is 7.74. The number of amides is 1. The number of carbonyl (C=O) groups excluding carboxylic acids is 1. The molecule has 0 radical (unpaired) electrons. The number of rotatable bonds is 3. The van der Waals surface area contributed by atoms with E-state index in [0.29, 0.717) is 17.9 Å². The second-order valence-corrected chi connectivity index (χ2v) is 5.75. The zero-order valence-electron chi connectivity index (χ0n) is 13.2. The maximum atomic E-state index is 11.7. The lowest BCUT2D eigenvalue weighted by Crippen LogP contribution is -2.23. The molecule has 1 amide bonds. The third kappa shape index (κ3) is 2.46. The third-order valence-electron chi connectivity index (χ3n) is 4.23. The first-order valence-corrected chi connectivity index (χ1v) is 7.74. The maximum absolute atomic E-state index is 11.7. The highest BCUT2D eigenvalue weighted by molar-refractivity contribution is 5.93. The number of benzene rings is 2. The minimum absolute atomic E-state index is 0.282. The summed E-state index contributed by atoms with van der Waals surface area (Å²) in [5, 5.41) is 17.5. The summed E-state index contributed by atoms with van der Waals surface area (Å²) in [6.45, 7) is 0.102. The molecule has 1 aromatic heterocycles. The van der Waals surface area contributed by atoms with Gasteiger partial charge in [-0.25, -0.2) is 4.68 Å². The number of fused-ring (bicyclic) bond motifs is 5. The summed E-state index contributed by atoms with van der Waals surface area (Å²) in [6.07, 6.45) is 0.794. The fraction of sp³-hybridized carbons (Fsp3) is 0.111. The Balaban J connectivity index is 2.06. The van der Waals surface area contributed by atoms with E-state index in [4.69, 9.17) is 0 Å². The number of hydrogen-bond acceptors (Lipinski definition) is 4. The van der Waals surface area contributed by atoms with Crippen LogP contribution >= 0.6 is 0 Å². The van der Waals surface area contributed by atoms with Crippen molar-refractivity contribution in [2.45, 2.75) is 13.1 Å². The van der Waals surface area contributed by atoms with E-state index >= 15 is 0 Å². The van der Waals surface area contributed by atoms with Crippen molar-refractivity contribution in [3.63, 3.8) is 0 Å². The van der Waals surface area contributed by atoms with Gasteiger partial charge in [-0.2, -0.15) is 0 Å². The number of anilines is 1. The van der Waals surface area contributed by atoms with Gasteiger partial charge in [0, 0.05) is 11.1 Å². The summed E-state index contributed by atoms with van der Waals surface area (Å²) >= 11 is 0. The van der Waals surface area contributed by atoms with E-state index in [0.717, 1.165) is 28.8 Å². The van der Waals surface area contributed by atoms with E-state index < -0.39 is 5.97 Å². The minimum Gasteiger partial charge on any atom is -0.480 e. The smallest absolute Gasteiger partial charge is 0.325 e. The van der Waals surface area contributed by atoms with E-state index in [1.165, 1.54) is 4.68 Å². The molecule has 0 bridgehead atoms. The van der Waals surface area contributed by atoms with Crippen LogP contribution in [0.3, 0.4) is 0 Å². The van der Waals surface area contributed by atoms with Crippen LogP contribution in [0.4, 0.5) is 5.69 Å². The fourth-order valence-electron chi connectivity index (χ4n) is 3.18. The van der Waals surface area contributed by atoms with Gasteiger partial charge in [-0.3, -0.25) is 9.59 Å². The van der Waals surface area contributed by atoms with Crippen molar-refractivity contribution >= 4 is 18.1 Å². The van der Waals surface area contributed by atoms with Crippen LogP contribution in [0.2, 0.25) is 0 Å². The van der Waals surface area contributed by atoms with Gasteiger partial charge in [0.1, 0.15) is 12.2 Å². The van der Waals surface area contributed by atoms with Gasteiger partial charge in [-0.15, -0.1) is 5.10 Å². The van der Waals surface area contributed by atoms with Crippen LogP contribution < -0.4 is 4.90 Å². The Morgan fingerprint density at radius 2 is 1.84 bits per heavy atom. The van der Waals surface area contributed by atoms with Crippen LogP contribution in [-0.4, -0.2) is 32.5 Å². The van der Waals surface area contributed by atoms with E-state index in [1.807, 2.05) is 48.5 Å². The van der Waals surface area contributed by atoms with E-state index in [2.05, 4.69) is 10.3 Å². The number of hydrogen-bond donors (Lipinski definition) is 1. The zero-order valence-corrected chi connectivity index (χ0v) is 13.2. The molecule has 1 aliphatic heterocycles. The molecule has 0 atom stereocenters. The number of carboxylic acids is 1. The lowest BCUT2D eigenvalue weighted by Gasteiger charge is -2.25. The molecule has 4 rings (SSSR count).